The molecule has 0 amide bonds. The second-order valence-corrected chi connectivity index (χ2v) is 4.36. The van der Waals surface area contributed by atoms with Crippen molar-refractivity contribution in [3.05, 3.63) is 48.3 Å². The van der Waals surface area contributed by atoms with Crippen LogP contribution >= 0.6 is 12.4 Å². The molecule has 0 bridgehead atoms. The zero-order valence-corrected chi connectivity index (χ0v) is 12.6. The van der Waals surface area contributed by atoms with Gasteiger partial charge in [-0.25, -0.2) is 4.39 Å². The third kappa shape index (κ3) is 5.61. The highest BCUT2D eigenvalue weighted by molar-refractivity contribution is 5.85. The molecule has 0 heterocycles. The normalized spacial score (nSPS) is 10.8. The van der Waals surface area contributed by atoms with Gasteiger partial charge < -0.3 is 15.2 Å². The molecule has 0 radical (unpaired) electrons. The summed E-state index contributed by atoms with van der Waals surface area (Å²) in [6.45, 7) is 0.199. The number of hydrogen-bond donors (Lipinski definition) is 1. The minimum Gasteiger partial charge on any atom is -0.488 e. The van der Waals surface area contributed by atoms with Gasteiger partial charge in [0.05, 0.1) is 0 Å². The molecule has 2 N–H and O–H groups in total. The topological polar surface area (TPSA) is 44.5 Å². The highest BCUT2D eigenvalue weighted by Gasteiger charge is 2.32. The summed E-state index contributed by atoms with van der Waals surface area (Å²) in [6.07, 6.45) is -4.86. The maximum absolute atomic E-state index is 13.2. The molecule has 2 aromatic carbocycles. The minimum absolute atomic E-state index is 0. The van der Waals surface area contributed by atoms with Gasteiger partial charge in [-0.3, -0.25) is 0 Å². The summed E-state index contributed by atoms with van der Waals surface area (Å²) in [4.78, 5) is 0. The summed E-state index contributed by atoms with van der Waals surface area (Å²) < 4.78 is 59.7. The van der Waals surface area contributed by atoms with E-state index in [1.807, 2.05) is 0 Å². The molecular formula is C15H14ClF4NO2. The summed E-state index contributed by atoms with van der Waals surface area (Å²) in [5.41, 5.74) is 6.06. The molecule has 0 unspecified atom stereocenters. The molecule has 126 valence electrons. The number of nitrogens with two attached hydrogens (primary N) is 1. The third-order valence-corrected chi connectivity index (χ3v) is 2.70. The molecule has 0 aliphatic heterocycles. The fourth-order valence-corrected chi connectivity index (χ4v) is 1.85. The molecule has 0 aliphatic rings. The standard InChI is InChI=1S/C15H13F4NO2.ClH/c16-12-3-1-2-10(8-12)11-4-5-13(21-7-6-20)14(9-11)22-15(17,18)19;/h1-5,8-9H,6-7,20H2;1H. The summed E-state index contributed by atoms with van der Waals surface area (Å²) in [5, 5.41) is 0. The van der Waals surface area contributed by atoms with Crippen LogP contribution in [0.3, 0.4) is 0 Å². The first-order valence-corrected chi connectivity index (χ1v) is 6.37. The molecule has 3 nitrogen and oxygen atoms in total. The number of benzene rings is 2. The molecule has 0 aromatic heterocycles. The second-order valence-electron chi connectivity index (χ2n) is 4.36. The van der Waals surface area contributed by atoms with Crippen LogP contribution < -0.4 is 15.2 Å². The van der Waals surface area contributed by atoms with Gasteiger partial charge in [0.15, 0.2) is 11.5 Å². The van der Waals surface area contributed by atoms with E-state index < -0.39 is 17.9 Å². The zero-order chi connectivity index (χ0) is 16.2. The maximum atomic E-state index is 13.2. The van der Waals surface area contributed by atoms with Crippen LogP contribution in [0.15, 0.2) is 42.5 Å². The molecule has 0 fully saturated rings. The first-order valence-electron chi connectivity index (χ1n) is 6.37. The summed E-state index contributed by atoms with van der Waals surface area (Å²) in [6, 6.07) is 9.50. The van der Waals surface area contributed by atoms with Gasteiger partial charge in [0.1, 0.15) is 12.4 Å². The Balaban J connectivity index is 0.00000264. The first-order chi connectivity index (χ1) is 10.4. The van der Waals surface area contributed by atoms with Crippen LogP contribution in [0.1, 0.15) is 0 Å². The summed E-state index contributed by atoms with van der Waals surface area (Å²) in [5.74, 6) is -1.06. The highest BCUT2D eigenvalue weighted by atomic mass is 35.5. The SMILES string of the molecule is Cl.NCCOc1ccc(-c2cccc(F)c2)cc1OC(F)(F)F. The molecule has 23 heavy (non-hydrogen) atoms. The van der Waals surface area contributed by atoms with Crippen molar-refractivity contribution in [2.45, 2.75) is 6.36 Å². The van der Waals surface area contributed by atoms with Gasteiger partial charge in [0, 0.05) is 6.54 Å². The number of ether oxygens (including phenoxy) is 2. The third-order valence-electron chi connectivity index (χ3n) is 2.70. The number of hydrogen-bond acceptors (Lipinski definition) is 3. The Bertz CT molecular complexity index is 650. The maximum Gasteiger partial charge on any atom is 0.573 e. The number of rotatable bonds is 5. The Labute approximate surface area is 136 Å². The van der Waals surface area contributed by atoms with E-state index in [9.17, 15) is 17.6 Å². The van der Waals surface area contributed by atoms with E-state index in [0.717, 1.165) is 6.07 Å². The van der Waals surface area contributed by atoms with Gasteiger partial charge >= 0.3 is 6.36 Å². The number of alkyl halides is 3. The fraction of sp³-hybridized carbons (Fsp3) is 0.200. The summed E-state index contributed by atoms with van der Waals surface area (Å²) in [7, 11) is 0. The molecule has 0 atom stereocenters. The van der Waals surface area contributed by atoms with Gasteiger partial charge in [0.2, 0.25) is 0 Å². The van der Waals surface area contributed by atoms with Crippen molar-refractivity contribution >= 4 is 12.4 Å². The molecular weight excluding hydrogens is 338 g/mol. The highest BCUT2D eigenvalue weighted by Crippen LogP contribution is 2.36. The predicted molar refractivity (Wildman–Crippen MR) is 80.3 cm³/mol. The van der Waals surface area contributed by atoms with Crippen molar-refractivity contribution in [3.8, 4) is 22.6 Å². The Morgan fingerprint density at radius 2 is 1.65 bits per heavy atom. The van der Waals surface area contributed by atoms with E-state index in [2.05, 4.69) is 4.74 Å². The molecule has 2 aromatic rings. The lowest BCUT2D eigenvalue weighted by molar-refractivity contribution is -0.275. The lowest BCUT2D eigenvalue weighted by atomic mass is 10.1. The van der Waals surface area contributed by atoms with Crippen molar-refractivity contribution in [1.29, 1.82) is 0 Å². The largest absolute Gasteiger partial charge is 0.573 e. The Kier molecular flexibility index (Phi) is 6.65. The zero-order valence-electron chi connectivity index (χ0n) is 11.8. The van der Waals surface area contributed by atoms with Crippen molar-refractivity contribution in [2.75, 3.05) is 13.2 Å². The van der Waals surface area contributed by atoms with Crippen LogP contribution in [0.4, 0.5) is 17.6 Å². The van der Waals surface area contributed by atoms with E-state index in [0.29, 0.717) is 11.1 Å². The Morgan fingerprint density at radius 3 is 2.26 bits per heavy atom. The van der Waals surface area contributed by atoms with E-state index in [1.165, 1.54) is 30.3 Å². The first kappa shape index (κ1) is 19.1. The van der Waals surface area contributed by atoms with Gasteiger partial charge in [0.25, 0.3) is 0 Å². The number of halogens is 5. The molecule has 0 saturated carbocycles. The van der Waals surface area contributed by atoms with Crippen molar-refractivity contribution in [3.63, 3.8) is 0 Å². The van der Waals surface area contributed by atoms with Crippen molar-refractivity contribution in [1.82, 2.24) is 0 Å². The van der Waals surface area contributed by atoms with Crippen LogP contribution in [0, 0.1) is 5.82 Å². The quantitative estimate of drug-likeness (QED) is 0.823. The fourth-order valence-electron chi connectivity index (χ4n) is 1.85. The van der Waals surface area contributed by atoms with E-state index >= 15 is 0 Å². The average molecular weight is 352 g/mol. The van der Waals surface area contributed by atoms with Crippen LogP contribution in [0.5, 0.6) is 11.5 Å². The molecule has 8 heteroatoms. The lowest BCUT2D eigenvalue weighted by Crippen LogP contribution is -2.18. The average Bonchev–Trinajstić information content (AvgIpc) is 2.44. The van der Waals surface area contributed by atoms with Gasteiger partial charge in [-0.1, -0.05) is 18.2 Å². The smallest absolute Gasteiger partial charge is 0.488 e. The minimum atomic E-state index is -4.86. The monoisotopic (exact) mass is 351 g/mol. The van der Waals surface area contributed by atoms with Gasteiger partial charge in [-0.2, -0.15) is 0 Å². The van der Waals surface area contributed by atoms with E-state index in [1.54, 1.807) is 6.07 Å². The molecule has 0 spiro atoms. The van der Waals surface area contributed by atoms with E-state index in [4.69, 9.17) is 10.5 Å². The van der Waals surface area contributed by atoms with Crippen LogP contribution in [-0.4, -0.2) is 19.5 Å². The summed E-state index contributed by atoms with van der Waals surface area (Å²) >= 11 is 0. The Hall–Kier alpha value is -1.99. The van der Waals surface area contributed by atoms with Crippen molar-refractivity contribution < 1.29 is 27.0 Å². The van der Waals surface area contributed by atoms with Gasteiger partial charge in [-0.15, -0.1) is 25.6 Å². The lowest BCUT2D eigenvalue weighted by Gasteiger charge is -2.15. The van der Waals surface area contributed by atoms with Gasteiger partial charge in [-0.05, 0) is 35.4 Å². The van der Waals surface area contributed by atoms with Crippen molar-refractivity contribution in [2.24, 2.45) is 5.73 Å². The van der Waals surface area contributed by atoms with Crippen LogP contribution in [-0.2, 0) is 0 Å². The predicted octanol–water partition coefficient (Wildman–Crippen LogP) is 4.15. The molecule has 2 rings (SSSR count). The Morgan fingerprint density at radius 1 is 0.957 bits per heavy atom. The van der Waals surface area contributed by atoms with E-state index in [-0.39, 0.29) is 31.3 Å². The second kappa shape index (κ2) is 8.03. The molecule has 0 saturated heterocycles. The van der Waals surface area contributed by atoms with Crippen LogP contribution in [0.2, 0.25) is 0 Å². The van der Waals surface area contributed by atoms with Crippen LogP contribution in [0.25, 0.3) is 11.1 Å². The molecule has 0 aliphatic carbocycles.